The number of halogens is 3. The molecule has 3 aromatic rings. The first-order valence-corrected chi connectivity index (χ1v) is 8.53. The number of ether oxygens (including phenoxy) is 1. The van der Waals surface area contributed by atoms with Crippen LogP contribution in [0.2, 0.25) is 0 Å². The molecule has 0 unspecified atom stereocenters. The van der Waals surface area contributed by atoms with Gasteiger partial charge in [-0.3, -0.25) is 4.98 Å². The van der Waals surface area contributed by atoms with E-state index in [2.05, 4.69) is 14.2 Å². The van der Waals surface area contributed by atoms with Gasteiger partial charge in [-0.15, -0.1) is 0 Å². The van der Waals surface area contributed by atoms with Gasteiger partial charge in [0.15, 0.2) is 0 Å². The first-order chi connectivity index (χ1) is 12.2. The molecule has 0 radical (unpaired) electrons. The Hall–Kier alpha value is -2.88. The van der Waals surface area contributed by atoms with Crippen molar-refractivity contribution in [3.05, 3.63) is 48.7 Å². The van der Waals surface area contributed by atoms with Gasteiger partial charge in [0.1, 0.15) is 11.3 Å². The summed E-state index contributed by atoms with van der Waals surface area (Å²) < 4.78 is 69.3. The van der Waals surface area contributed by atoms with Crippen molar-refractivity contribution >= 4 is 21.2 Å². The highest BCUT2D eigenvalue weighted by Crippen LogP contribution is 2.34. The summed E-state index contributed by atoms with van der Waals surface area (Å²) in [5, 5.41) is 0. The van der Waals surface area contributed by atoms with Crippen molar-refractivity contribution in [1.82, 2.24) is 9.97 Å². The van der Waals surface area contributed by atoms with Gasteiger partial charge in [0.05, 0.1) is 12.6 Å². The first kappa shape index (κ1) is 17.9. The number of hydrogen-bond donors (Lipinski definition) is 0. The maximum absolute atomic E-state index is 12.5. The predicted octanol–water partition coefficient (Wildman–Crippen LogP) is 3.53. The second-order valence-corrected chi connectivity index (χ2v) is 6.60. The van der Waals surface area contributed by atoms with Crippen molar-refractivity contribution in [2.24, 2.45) is 0 Å². The smallest absolute Gasteiger partial charge is 0.496 e. The van der Waals surface area contributed by atoms with Crippen LogP contribution in [0.1, 0.15) is 0 Å². The second kappa shape index (κ2) is 6.45. The van der Waals surface area contributed by atoms with Crippen molar-refractivity contribution < 1.29 is 30.5 Å². The van der Waals surface area contributed by atoms with Gasteiger partial charge in [0.2, 0.25) is 5.88 Å². The average Bonchev–Trinajstić information content (AvgIpc) is 2.60. The third-order valence-corrected chi connectivity index (χ3v) is 4.39. The highest BCUT2D eigenvalue weighted by molar-refractivity contribution is 7.87. The van der Waals surface area contributed by atoms with Crippen molar-refractivity contribution in [2.45, 2.75) is 5.51 Å². The van der Waals surface area contributed by atoms with Crippen LogP contribution in [0.25, 0.3) is 22.2 Å². The molecule has 0 spiro atoms. The molecule has 0 aliphatic rings. The Kier molecular flexibility index (Phi) is 4.45. The SMILES string of the molecule is COc1ccccc1-c1ccnc2ccc(OS(=O)(=O)C(F)(F)F)nc12. The number of hydrogen-bond acceptors (Lipinski definition) is 6. The fourth-order valence-electron chi connectivity index (χ4n) is 2.30. The molecule has 2 heterocycles. The van der Waals surface area contributed by atoms with Gasteiger partial charge >= 0.3 is 15.6 Å². The molecule has 0 bridgehead atoms. The van der Waals surface area contributed by atoms with Crippen LogP contribution in [0, 0.1) is 0 Å². The van der Waals surface area contributed by atoms with Crippen molar-refractivity contribution in [3.63, 3.8) is 0 Å². The number of benzene rings is 1. The molecule has 0 fully saturated rings. The largest absolute Gasteiger partial charge is 0.534 e. The average molecular weight is 384 g/mol. The summed E-state index contributed by atoms with van der Waals surface area (Å²) in [6.07, 6.45) is 1.50. The Bertz CT molecular complexity index is 1070. The maximum Gasteiger partial charge on any atom is 0.534 e. The lowest BCUT2D eigenvalue weighted by Crippen LogP contribution is -2.28. The summed E-state index contributed by atoms with van der Waals surface area (Å²) in [5.74, 6) is -0.199. The van der Waals surface area contributed by atoms with E-state index in [1.165, 1.54) is 19.4 Å². The van der Waals surface area contributed by atoms with Crippen LogP contribution in [0.4, 0.5) is 13.2 Å². The Labute approximate surface area is 146 Å². The fourth-order valence-corrected chi connectivity index (χ4v) is 2.71. The highest BCUT2D eigenvalue weighted by atomic mass is 32.2. The van der Waals surface area contributed by atoms with E-state index in [4.69, 9.17) is 4.74 Å². The van der Waals surface area contributed by atoms with E-state index in [1.807, 2.05) is 0 Å². The van der Waals surface area contributed by atoms with Gasteiger partial charge in [0, 0.05) is 23.4 Å². The summed E-state index contributed by atoms with van der Waals surface area (Å²) in [6.45, 7) is 0. The molecule has 2 aromatic heterocycles. The lowest BCUT2D eigenvalue weighted by molar-refractivity contribution is -0.0501. The molecule has 0 aliphatic carbocycles. The highest BCUT2D eigenvalue weighted by Gasteiger charge is 2.48. The number of rotatable bonds is 4. The molecule has 10 heteroatoms. The van der Waals surface area contributed by atoms with Crippen LogP contribution in [0.3, 0.4) is 0 Å². The maximum atomic E-state index is 12.5. The van der Waals surface area contributed by atoms with E-state index in [1.54, 1.807) is 30.3 Å². The van der Waals surface area contributed by atoms with Crippen LogP contribution >= 0.6 is 0 Å². The topological polar surface area (TPSA) is 78.4 Å². The molecule has 6 nitrogen and oxygen atoms in total. The molecule has 0 amide bonds. The fraction of sp³-hybridized carbons (Fsp3) is 0.125. The summed E-state index contributed by atoms with van der Waals surface area (Å²) >= 11 is 0. The van der Waals surface area contributed by atoms with E-state index < -0.39 is 21.5 Å². The Morgan fingerprint density at radius 2 is 1.73 bits per heavy atom. The molecular formula is C16H11F3N2O4S. The van der Waals surface area contributed by atoms with E-state index in [0.29, 0.717) is 22.4 Å². The lowest BCUT2D eigenvalue weighted by Gasteiger charge is -2.12. The third-order valence-electron chi connectivity index (χ3n) is 3.43. The predicted molar refractivity (Wildman–Crippen MR) is 87.1 cm³/mol. The van der Waals surface area contributed by atoms with Gasteiger partial charge in [-0.2, -0.15) is 21.6 Å². The molecule has 136 valence electrons. The van der Waals surface area contributed by atoms with Crippen LogP contribution < -0.4 is 8.92 Å². The minimum Gasteiger partial charge on any atom is -0.496 e. The zero-order valence-electron chi connectivity index (χ0n) is 13.2. The quantitative estimate of drug-likeness (QED) is 0.506. The number of fused-ring (bicyclic) bond motifs is 1. The Balaban J connectivity index is 2.15. The van der Waals surface area contributed by atoms with Gasteiger partial charge in [-0.1, -0.05) is 18.2 Å². The third kappa shape index (κ3) is 3.27. The number of pyridine rings is 2. The van der Waals surface area contributed by atoms with Crippen LogP contribution in [-0.4, -0.2) is 31.0 Å². The summed E-state index contributed by atoms with van der Waals surface area (Å²) in [6, 6.07) is 10.9. The number of alkyl halides is 3. The van der Waals surface area contributed by atoms with E-state index in [9.17, 15) is 21.6 Å². The van der Waals surface area contributed by atoms with E-state index >= 15 is 0 Å². The van der Waals surface area contributed by atoms with Gasteiger partial charge in [0.25, 0.3) is 0 Å². The normalized spacial score (nSPS) is 12.2. The molecule has 1 aromatic carbocycles. The van der Waals surface area contributed by atoms with Crippen molar-refractivity contribution in [3.8, 4) is 22.8 Å². The molecule has 0 N–H and O–H groups in total. The van der Waals surface area contributed by atoms with Crippen LogP contribution in [0.5, 0.6) is 11.6 Å². The van der Waals surface area contributed by atoms with E-state index in [0.717, 1.165) is 6.07 Å². The number of aromatic nitrogens is 2. The van der Waals surface area contributed by atoms with Crippen molar-refractivity contribution in [2.75, 3.05) is 7.11 Å². The molecular weight excluding hydrogens is 373 g/mol. The van der Waals surface area contributed by atoms with Gasteiger partial charge in [-0.25, -0.2) is 4.98 Å². The standard InChI is InChI=1S/C16H11F3N2O4S/c1-24-13-5-3-2-4-10(13)11-8-9-20-12-6-7-14(21-15(11)12)25-26(22,23)16(17,18)19/h2-9H,1H3. The Morgan fingerprint density at radius 3 is 2.42 bits per heavy atom. The summed E-state index contributed by atoms with van der Waals surface area (Å²) in [5.41, 5.74) is -3.91. The van der Waals surface area contributed by atoms with Gasteiger partial charge < -0.3 is 8.92 Å². The van der Waals surface area contributed by atoms with Gasteiger partial charge in [-0.05, 0) is 18.2 Å². The first-order valence-electron chi connectivity index (χ1n) is 7.13. The molecule has 0 aliphatic heterocycles. The summed E-state index contributed by atoms with van der Waals surface area (Å²) in [7, 11) is -4.35. The molecule has 26 heavy (non-hydrogen) atoms. The van der Waals surface area contributed by atoms with E-state index in [-0.39, 0.29) is 5.52 Å². The minimum absolute atomic E-state index is 0.173. The monoisotopic (exact) mass is 384 g/mol. The van der Waals surface area contributed by atoms with Crippen molar-refractivity contribution in [1.29, 1.82) is 0 Å². The number of para-hydroxylation sites is 1. The lowest BCUT2D eigenvalue weighted by atomic mass is 10.0. The molecule has 0 saturated heterocycles. The number of nitrogens with zero attached hydrogens (tertiary/aromatic N) is 2. The zero-order chi connectivity index (χ0) is 18.9. The summed E-state index contributed by atoms with van der Waals surface area (Å²) in [4.78, 5) is 7.98. The molecule has 0 atom stereocenters. The molecule has 3 rings (SSSR count). The second-order valence-electron chi connectivity index (χ2n) is 5.06. The minimum atomic E-state index is -5.82. The van der Waals surface area contributed by atoms with Crippen LogP contribution in [-0.2, 0) is 10.1 Å². The Morgan fingerprint density at radius 1 is 1.00 bits per heavy atom. The number of methoxy groups -OCH3 is 1. The molecule has 0 saturated carbocycles. The zero-order valence-corrected chi connectivity index (χ0v) is 14.0. The van der Waals surface area contributed by atoms with Crippen LogP contribution in [0.15, 0.2) is 48.7 Å².